The van der Waals surface area contributed by atoms with Crippen molar-refractivity contribution in [2.24, 2.45) is 0 Å². The summed E-state index contributed by atoms with van der Waals surface area (Å²) in [6.07, 6.45) is 0. The number of hydrogen-bond acceptors (Lipinski definition) is 6. The number of anilines is 1. The third-order valence-electron chi connectivity index (χ3n) is 6.13. The first-order valence-corrected chi connectivity index (χ1v) is 12.0. The van der Waals surface area contributed by atoms with Crippen LogP contribution in [-0.4, -0.2) is 36.1 Å². The molecule has 6 nitrogen and oxygen atoms in total. The molecule has 7 heteroatoms. The van der Waals surface area contributed by atoms with Gasteiger partial charge in [-0.1, -0.05) is 72.3 Å². The van der Waals surface area contributed by atoms with Gasteiger partial charge in [-0.2, -0.15) is 10.2 Å². The van der Waals surface area contributed by atoms with Gasteiger partial charge in [0.2, 0.25) is 17.5 Å². The van der Waals surface area contributed by atoms with E-state index in [1.807, 2.05) is 12.1 Å². The standard InChI is InChI=1S/C28H25ClN4O2/c29-23-11-13-24(14-12-23)34-20-26-31-25(19-30)28(35-26)33-17-15-32(16-18-33)27(21-7-3-1-4-8-21)22-9-5-2-6-10-22/h1-14,27H,15-18,20H2. The number of rotatable bonds is 7. The second-order valence-electron chi connectivity index (χ2n) is 8.36. The van der Waals surface area contributed by atoms with Crippen LogP contribution in [0, 0.1) is 11.3 Å². The second-order valence-corrected chi connectivity index (χ2v) is 8.80. The first kappa shape index (κ1) is 23.0. The van der Waals surface area contributed by atoms with Crippen LogP contribution in [-0.2, 0) is 6.61 Å². The van der Waals surface area contributed by atoms with Crippen molar-refractivity contribution in [3.8, 4) is 11.8 Å². The second kappa shape index (κ2) is 10.6. The first-order valence-electron chi connectivity index (χ1n) is 11.6. The third-order valence-corrected chi connectivity index (χ3v) is 6.38. The van der Waals surface area contributed by atoms with Crippen LogP contribution in [0.3, 0.4) is 0 Å². The van der Waals surface area contributed by atoms with Gasteiger partial charge >= 0.3 is 0 Å². The molecule has 4 aromatic rings. The minimum atomic E-state index is 0.139. The highest BCUT2D eigenvalue weighted by molar-refractivity contribution is 6.30. The van der Waals surface area contributed by atoms with Gasteiger partial charge < -0.3 is 14.1 Å². The quantitative estimate of drug-likeness (QED) is 0.335. The molecule has 35 heavy (non-hydrogen) atoms. The fourth-order valence-corrected chi connectivity index (χ4v) is 4.57. The summed E-state index contributed by atoms with van der Waals surface area (Å²) in [6, 6.07) is 30.6. The van der Waals surface area contributed by atoms with E-state index < -0.39 is 0 Å². The zero-order chi connectivity index (χ0) is 24.0. The summed E-state index contributed by atoms with van der Waals surface area (Å²) in [5.74, 6) is 1.55. The molecule has 2 heterocycles. The number of aromatic nitrogens is 1. The van der Waals surface area contributed by atoms with E-state index in [0.717, 1.165) is 26.2 Å². The van der Waals surface area contributed by atoms with Gasteiger partial charge in [0.25, 0.3) is 0 Å². The van der Waals surface area contributed by atoms with Gasteiger partial charge in [-0.15, -0.1) is 0 Å². The molecular formula is C28H25ClN4O2. The molecule has 176 valence electrons. The number of oxazole rings is 1. The normalized spacial score (nSPS) is 14.1. The largest absolute Gasteiger partial charge is 0.484 e. The number of halogens is 1. The van der Waals surface area contributed by atoms with E-state index in [9.17, 15) is 5.26 Å². The maximum absolute atomic E-state index is 9.65. The Balaban J connectivity index is 1.29. The lowest BCUT2D eigenvalue weighted by Crippen LogP contribution is -2.48. The fraction of sp³-hybridized carbons (Fsp3) is 0.214. The summed E-state index contributed by atoms with van der Waals surface area (Å²) in [6.45, 7) is 3.27. The van der Waals surface area contributed by atoms with Crippen LogP contribution in [0.1, 0.15) is 28.8 Å². The van der Waals surface area contributed by atoms with Crippen LogP contribution in [0.4, 0.5) is 5.88 Å². The summed E-state index contributed by atoms with van der Waals surface area (Å²) < 4.78 is 11.7. The number of hydrogen-bond donors (Lipinski definition) is 0. The Hall–Kier alpha value is -3.79. The molecule has 1 aliphatic rings. The van der Waals surface area contributed by atoms with Gasteiger partial charge in [0.05, 0.1) is 6.04 Å². The topological polar surface area (TPSA) is 65.5 Å². The molecule has 0 unspecified atom stereocenters. The number of benzene rings is 3. The van der Waals surface area contributed by atoms with Crippen molar-refractivity contribution in [2.45, 2.75) is 12.6 Å². The van der Waals surface area contributed by atoms with Gasteiger partial charge in [-0.05, 0) is 35.4 Å². The summed E-state index contributed by atoms with van der Waals surface area (Å²) in [7, 11) is 0. The molecule has 0 N–H and O–H groups in total. The molecule has 0 spiro atoms. The minimum absolute atomic E-state index is 0.139. The number of ether oxygens (including phenoxy) is 1. The SMILES string of the molecule is N#Cc1nc(COc2ccc(Cl)cc2)oc1N1CCN(C(c2ccccc2)c2ccccc2)CC1. The third kappa shape index (κ3) is 5.32. The average Bonchev–Trinajstić information content (AvgIpc) is 3.34. The van der Waals surface area contributed by atoms with E-state index in [2.05, 4.69) is 69.4 Å². The van der Waals surface area contributed by atoms with E-state index in [-0.39, 0.29) is 18.3 Å². The fourth-order valence-electron chi connectivity index (χ4n) is 4.45. The Labute approximate surface area is 209 Å². The number of nitriles is 1. The molecule has 3 aromatic carbocycles. The van der Waals surface area contributed by atoms with Crippen molar-refractivity contribution < 1.29 is 9.15 Å². The van der Waals surface area contributed by atoms with E-state index >= 15 is 0 Å². The van der Waals surface area contributed by atoms with Gasteiger partial charge in [0, 0.05) is 31.2 Å². The zero-order valence-corrected chi connectivity index (χ0v) is 19.9. The van der Waals surface area contributed by atoms with Gasteiger partial charge in [-0.25, -0.2) is 0 Å². The minimum Gasteiger partial charge on any atom is -0.484 e. The molecule has 1 aromatic heterocycles. The van der Waals surface area contributed by atoms with Gasteiger partial charge in [0.1, 0.15) is 11.8 Å². The Morgan fingerprint density at radius 1 is 0.886 bits per heavy atom. The summed E-state index contributed by atoms with van der Waals surface area (Å²) in [5.41, 5.74) is 2.83. The Kier molecular flexibility index (Phi) is 6.99. The maximum atomic E-state index is 9.65. The molecule has 0 radical (unpaired) electrons. The zero-order valence-electron chi connectivity index (χ0n) is 19.2. The van der Waals surface area contributed by atoms with Crippen molar-refractivity contribution in [1.82, 2.24) is 9.88 Å². The highest BCUT2D eigenvalue weighted by atomic mass is 35.5. The van der Waals surface area contributed by atoms with E-state index in [4.69, 9.17) is 20.8 Å². The summed E-state index contributed by atoms with van der Waals surface area (Å²) >= 11 is 5.93. The Bertz CT molecular complexity index is 1240. The van der Waals surface area contributed by atoms with Crippen molar-refractivity contribution in [3.63, 3.8) is 0 Å². The predicted octanol–water partition coefficient (Wildman–Crippen LogP) is 5.69. The highest BCUT2D eigenvalue weighted by Crippen LogP contribution is 2.31. The van der Waals surface area contributed by atoms with Crippen molar-refractivity contribution >= 4 is 17.5 Å². The molecule has 5 rings (SSSR count). The molecule has 1 aliphatic heterocycles. The molecule has 0 amide bonds. The van der Waals surface area contributed by atoms with Crippen LogP contribution < -0.4 is 9.64 Å². The lowest BCUT2D eigenvalue weighted by atomic mass is 9.96. The maximum Gasteiger partial charge on any atom is 0.236 e. The molecule has 0 bridgehead atoms. The smallest absolute Gasteiger partial charge is 0.236 e. The highest BCUT2D eigenvalue weighted by Gasteiger charge is 2.29. The molecule has 0 atom stereocenters. The lowest BCUT2D eigenvalue weighted by molar-refractivity contribution is 0.208. The molecule has 1 fully saturated rings. The number of nitrogens with zero attached hydrogens (tertiary/aromatic N) is 4. The van der Waals surface area contributed by atoms with Gasteiger partial charge in [0.15, 0.2) is 6.61 Å². The van der Waals surface area contributed by atoms with Crippen LogP contribution in [0.25, 0.3) is 0 Å². The van der Waals surface area contributed by atoms with E-state index in [0.29, 0.717) is 22.5 Å². The van der Waals surface area contributed by atoms with Crippen LogP contribution in [0.15, 0.2) is 89.3 Å². The van der Waals surface area contributed by atoms with Gasteiger partial charge in [-0.3, -0.25) is 4.90 Å². The van der Waals surface area contributed by atoms with Crippen molar-refractivity contribution in [2.75, 3.05) is 31.1 Å². The molecule has 0 aliphatic carbocycles. The number of piperazine rings is 1. The molecule has 1 saturated heterocycles. The predicted molar refractivity (Wildman–Crippen MR) is 136 cm³/mol. The van der Waals surface area contributed by atoms with Crippen LogP contribution >= 0.6 is 11.6 Å². The Morgan fingerprint density at radius 2 is 1.49 bits per heavy atom. The average molecular weight is 485 g/mol. The summed E-state index contributed by atoms with van der Waals surface area (Å²) in [5, 5.41) is 10.3. The van der Waals surface area contributed by atoms with E-state index in [1.165, 1.54) is 11.1 Å². The molecular weight excluding hydrogens is 460 g/mol. The molecule has 0 saturated carbocycles. The van der Waals surface area contributed by atoms with E-state index in [1.54, 1.807) is 24.3 Å². The van der Waals surface area contributed by atoms with Crippen molar-refractivity contribution in [1.29, 1.82) is 5.26 Å². The summed E-state index contributed by atoms with van der Waals surface area (Å²) in [4.78, 5) is 8.93. The lowest BCUT2D eigenvalue weighted by Gasteiger charge is -2.39. The van der Waals surface area contributed by atoms with Crippen LogP contribution in [0.2, 0.25) is 5.02 Å². The van der Waals surface area contributed by atoms with Crippen LogP contribution in [0.5, 0.6) is 5.75 Å². The first-order chi connectivity index (χ1) is 17.2. The monoisotopic (exact) mass is 484 g/mol. The Morgan fingerprint density at radius 3 is 2.06 bits per heavy atom. The van der Waals surface area contributed by atoms with Crippen molar-refractivity contribution in [3.05, 3.63) is 113 Å².